The predicted octanol–water partition coefficient (Wildman–Crippen LogP) is 14.7. The lowest BCUT2D eigenvalue weighted by Gasteiger charge is -2.58. The van der Waals surface area contributed by atoms with Gasteiger partial charge in [-0.05, 0) is 292 Å². The summed E-state index contributed by atoms with van der Waals surface area (Å²) in [6, 6.07) is 0.593. The van der Waals surface area contributed by atoms with Crippen molar-refractivity contribution in [3.05, 3.63) is 22.8 Å². The highest BCUT2D eigenvalue weighted by atomic mass is 16.6. The summed E-state index contributed by atoms with van der Waals surface area (Å²) in [7, 11) is 0. The minimum absolute atomic E-state index is 0.0460. The van der Waals surface area contributed by atoms with Crippen LogP contribution >= 0.6 is 0 Å². The summed E-state index contributed by atoms with van der Waals surface area (Å²) >= 11 is 0. The lowest BCUT2D eigenvalue weighted by Crippen LogP contribution is -2.57. The first kappa shape index (κ1) is 63.4. The Kier molecular flexibility index (Phi) is 15.8. The summed E-state index contributed by atoms with van der Waals surface area (Å²) in [6.45, 7) is 33.4. The van der Waals surface area contributed by atoms with Crippen LogP contribution in [0.15, 0.2) is 0 Å². The van der Waals surface area contributed by atoms with E-state index in [1.54, 1.807) is 27.7 Å². The molecule has 0 spiro atoms. The number of rotatable bonds is 8. The fraction of sp³-hybridized carbons (Fsp3) is 0.910. The largest absolute Gasteiger partial charge is 0.459 e. The number of esters is 5. The van der Waals surface area contributed by atoms with Crippen LogP contribution in [0.5, 0.6) is 0 Å². The molecular weight excluding hydrogens is 1140 g/mol. The summed E-state index contributed by atoms with van der Waals surface area (Å²) in [5.74, 6) is 20.5. The van der Waals surface area contributed by atoms with Gasteiger partial charge in [-0.15, -0.1) is 0 Å². The van der Waals surface area contributed by atoms with Crippen LogP contribution in [0.1, 0.15) is 230 Å². The van der Waals surface area contributed by atoms with Crippen molar-refractivity contribution >= 4 is 29.8 Å². The molecule has 20 saturated carbocycles. The molecule has 0 aromatic heterocycles. The zero-order valence-electron chi connectivity index (χ0n) is 57.0. The summed E-state index contributed by atoms with van der Waals surface area (Å²) in [5.41, 5.74) is -0.764. The van der Waals surface area contributed by atoms with Crippen molar-refractivity contribution in [2.75, 3.05) is 0 Å². The van der Waals surface area contributed by atoms with Crippen molar-refractivity contribution in [1.82, 2.24) is 0 Å². The summed E-state index contributed by atoms with van der Waals surface area (Å²) in [4.78, 5) is 64.8. The first-order chi connectivity index (χ1) is 43.4. The average molecular weight is 1250 g/mol. The minimum atomic E-state index is -0.213. The highest BCUT2D eigenvalue weighted by molar-refractivity contribution is 5.68. The summed E-state index contributed by atoms with van der Waals surface area (Å²) in [5, 5.41) is 10.1. The Bertz CT molecular complexity index is 2960. The number of fused-ring (bicyclic) bond motifs is 36. The van der Waals surface area contributed by atoms with Crippen molar-refractivity contribution in [3.63, 3.8) is 0 Å². The van der Waals surface area contributed by atoms with Gasteiger partial charge in [-0.3, -0.25) is 24.0 Å². The Balaban J connectivity index is 0.0000000949. The number of hydrogen-bond acceptors (Lipinski definition) is 11. The van der Waals surface area contributed by atoms with E-state index in [9.17, 15) is 29.1 Å². The van der Waals surface area contributed by atoms with Crippen LogP contribution in [0.2, 0.25) is 0 Å². The average Bonchev–Trinajstić information content (AvgIpc) is 1.65. The molecule has 0 aromatic rings. The van der Waals surface area contributed by atoms with Gasteiger partial charge in [-0.25, -0.2) is 13.1 Å². The summed E-state index contributed by atoms with van der Waals surface area (Å²) in [6.07, 6.45) is 30.3. The topological polar surface area (TPSA) is 160 Å². The molecular formula is C78H112N2O11. The molecule has 20 aliphatic carbocycles. The molecule has 31 atom stereocenters. The second-order valence-corrected chi connectivity index (χ2v) is 35.8. The van der Waals surface area contributed by atoms with Gasteiger partial charge in [-0.1, -0.05) is 20.8 Å². The lowest BCUT2D eigenvalue weighted by molar-refractivity contribution is -0.201. The molecule has 13 heteroatoms. The molecule has 31 unspecified atom stereocenters. The molecule has 500 valence electrons. The molecule has 91 heavy (non-hydrogen) atoms. The maximum Gasteiger partial charge on any atom is 0.303 e. The van der Waals surface area contributed by atoms with Crippen LogP contribution in [-0.2, 0) is 47.7 Å². The van der Waals surface area contributed by atoms with Crippen molar-refractivity contribution in [2.45, 2.75) is 276 Å². The quantitative estimate of drug-likeness (QED) is 0.107. The van der Waals surface area contributed by atoms with E-state index in [0.29, 0.717) is 89.0 Å². The number of carbonyl (C=O) groups is 5. The van der Waals surface area contributed by atoms with Crippen LogP contribution in [0.3, 0.4) is 0 Å². The Morgan fingerprint density at radius 3 is 1.18 bits per heavy atom. The summed E-state index contributed by atoms with van der Waals surface area (Å²) < 4.78 is 28.9. The van der Waals surface area contributed by atoms with E-state index in [4.69, 9.17) is 36.8 Å². The molecule has 0 heterocycles. The standard InChI is InChI=1S/C17H23NO2.C16H21NO2.C16H24O3.C16H24O2.C13H20O2/c1-4-17(20-9(2)19)8-11-6-13(17)16-10-5-12(15(11)16)14(7-10)18-3;1-8(18)19-16(2)7-10-5-12(16)15-9-4-11(14(10)15)13(6-9)17-3;1-3-16(19-8(2)17)7-10-5-12(16)15-9-4-11(14(10)15)13(18)6-9;1-3-16(18-9(2)17)8-12-7-13(16)15-11-5-4-10(6-11)14(12)15;1-8(14)15-13(2)11-4-9-3-10(6-11)7-12(13)5-9/h10-16H,4-8H2,1-2H3;9-15H,4-7H2,1-2H3;9-15,18H,3-7H2,1-2H3;10-15H,3-8H2,1-2H3;9-12H,3-7H2,1-2H3. The van der Waals surface area contributed by atoms with Crippen molar-refractivity contribution in [2.24, 2.45) is 166 Å². The van der Waals surface area contributed by atoms with Gasteiger partial charge >= 0.3 is 29.8 Å². The number of nitrogens with zero attached hydrogens (tertiary/aromatic N) is 2. The number of aliphatic hydroxyl groups excluding tert-OH is 1. The monoisotopic (exact) mass is 1250 g/mol. The Labute approximate surface area is 544 Å². The Morgan fingerprint density at radius 1 is 0.385 bits per heavy atom. The van der Waals surface area contributed by atoms with Gasteiger partial charge in [0.15, 0.2) is 0 Å². The second kappa shape index (κ2) is 22.7. The molecule has 20 bridgehead atoms. The molecule has 0 saturated heterocycles. The maximum atomic E-state index is 11.5. The lowest BCUT2D eigenvalue weighted by atomic mass is 9.50. The molecule has 0 radical (unpaired) electrons. The van der Waals surface area contributed by atoms with E-state index in [-0.39, 0.29) is 64.0 Å². The van der Waals surface area contributed by atoms with E-state index in [0.717, 1.165) is 153 Å². The third-order valence-corrected chi connectivity index (χ3v) is 32.6. The van der Waals surface area contributed by atoms with Gasteiger partial charge in [0.2, 0.25) is 12.1 Å². The molecule has 13 nitrogen and oxygen atoms in total. The van der Waals surface area contributed by atoms with Crippen molar-refractivity contribution < 1.29 is 52.8 Å². The normalized spacial score (nSPS) is 55.5. The van der Waals surface area contributed by atoms with E-state index in [2.05, 4.69) is 44.3 Å². The molecule has 1 N–H and O–H groups in total. The minimum Gasteiger partial charge on any atom is -0.459 e. The molecule has 0 aromatic carbocycles. The smallest absolute Gasteiger partial charge is 0.303 e. The van der Waals surface area contributed by atoms with Crippen molar-refractivity contribution in [1.29, 1.82) is 0 Å². The number of carbonyl (C=O) groups excluding carboxylic acids is 5. The second-order valence-electron chi connectivity index (χ2n) is 35.8. The number of ether oxygens (including phenoxy) is 5. The van der Waals surface area contributed by atoms with Crippen LogP contribution < -0.4 is 0 Å². The van der Waals surface area contributed by atoms with Crippen LogP contribution in [-0.4, -0.2) is 81.1 Å². The first-order valence-electron chi connectivity index (χ1n) is 37.8. The van der Waals surface area contributed by atoms with Crippen LogP contribution in [0, 0.1) is 179 Å². The Morgan fingerprint density at radius 2 is 0.747 bits per heavy atom. The zero-order valence-corrected chi connectivity index (χ0v) is 57.0. The number of aliphatic hydroxyl groups is 1. The highest BCUT2D eigenvalue weighted by Crippen LogP contribution is 2.75. The SMILES string of the molecule is CC(=O)OC1(C)C2CC3CC(C2)CC1C3.CCC1(OC(C)=O)CC2CC1C1C3CC(O)C(C3)C21.CCC1(OC(C)=O)CC2CC1C1C3CCC(C3)C21.[C-]#[N+]C1CC2CC1C1C3CC(C21)C(C)(OC(C)=O)C3.[C-]#[N+]C1CC2CC1C1C3CC(C21)C(CC)(OC(C)=O)C3. The molecule has 0 amide bonds. The fourth-order valence-electron chi connectivity index (χ4n) is 30.9. The van der Waals surface area contributed by atoms with Crippen molar-refractivity contribution in [3.8, 4) is 0 Å². The zero-order chi connectivity index (χ0) is 63.9. The Hall–Kier alpha value is -3.71. The highest BCUT2D eigenvalue weighted by Gasteiger charge is 2.74. The van der Waals surface area contributed by atoms with E-state index in [1.165, 1.54) is 103 Å². The number of hydrogen-bond donors (Lipinski definition) is 1. The first-order valence-corrected chi connectivity index (χ1v) is 37.8. The molecule has 20 fully saturated rings. The molecule has 20 rings (SSSR count). The third kappa shape index (κ3) is 9.71. The fourth-order valence-corrected chi connectivity index (χ4v) is 30.9. The maximum absolute atomic E-state index is 11.5. The van der Waals surface area contributed by atoms with Gasteiger partial charge in [0, 0.05) is 83.0 Å². The van der Waals surface area contributed by atoms with E-state index < -0.39 is 0 Å². The van der Waals surface area contributed by atoms with Gasteiger partial charge in [0.1, 0.15) is 28.0 Å². The molecule has 20 aliphatic rings. The van der Waals surface area contributed by atoms with Gasteiger partial charge < -0.3 is 38.5 Å². The van der Waals surface area contributed by atoms with E-state index in [1.807, 2.05) is 0 Å². The van der Waals surface area contributed by atoms with Gasteiger partial charge in [0.05, 0.1) is 6.10 Å². The van der Waals surface area contributed by atoms with Gasteiger partial charge in [-0.2, -0.15) is 0 Å². The van der Waals surface area contributed by atoms with Gasteiger partial charge in [0.25, 0.3) is 0 Å². The van der Waals surface area contributed by atoms with E-state index >= 15 is 0 Å². The predicted molar refractivity (Wildman–Crippen MR) is 341 cm³/mol. The third-order valence-electron chi connectivity index (χ3n) is 32.6. The van der Waals surface area contributed by atoms with Crippen LogP contribution in [0.25, 0.3) is 9.69 Å². The van der Waals surface area contributed by atoms with Crippen LogP contribution in [0.4, 0.5) is 0 Å². The molecule has 0 aliphatic heterocycles.